The van der Waals surface area contributed by atoms with E-state index in [-0.39, 0.29) is 6.61 Å². The van der Waals surface area contributed by atoms with Gasteiger partial charge in [-0.25, -0.2) is 0 Å². The van der Waals surface area contributed by atoms with E-state index >= 15 is 0 Å². The maximum Gasteiger partial charge on any atom is 0.0556 e. The fourth-order valence-corrected chi connectivity index (χ4v) is 2.01. The van der Waals surface area contributed by atoms with Gasteiger partial charge in [-0.3, -0.25) is 0 Å². The third kappa shape index (κ3) is 2.43. The molecule has 0 aliphatic rings. The van der Waals surface area contributed by atoms with E-state index in [0.717, 1.165) is 6.42 Å². The highest BCUT2D eigenvalue weighted by molar-refractivity contribution is 5.83. The molecule has 1 aromatic carbocycles. The van der Waals surface area contributed by atoms with Crippen molar-refractivity contribution in [3.8, 4) is 0 Å². The number of aromatic nitrogens is 1. The molecular weight excluding hydrogens is 200 g/mol. The molecule has 3 nitrogen and oxygen atoms in total. The summed E-state index contributed by atoms with van der Waals surface area (Å²) in [7, 11) is 0. The second-order valence-electron chi connectivity index (χ2n) is 4.14. The van der Waals surface area contributed by atoms with Crippen molar-refractivity contribution in [1.82, 2.24) is 10.3 Å². The number of hydrogen-bond acceptors (Lipinski definition) is 2. The maximum absolute atomic E-state index is 8.74. The van der Waals surface area contributed by atoms with Crippen LogP contribution in [0.4, 0.5) is 0 Å². The van der Waals surface area contributed by atoms with Crippen molar-refractivity contribution in [2.24, 2.45) is 0 Å². The minimum atomic E-state index is 0.193. The van der Waals surface area contributed by atoms with Crippen molar-refractivity contribution >= 4 is 10.9 Å². The molecule has 0 aliphatic carbocycles. The summed E-state index contributed by atoms with van der Waals surface area (Å²) in [5.41, 5.74) is 2.51. The van der Waals surface area contributed by atoms with Crippen molar-refractivity contribution in [1.29, 1.82) is 0 Å². The van der Waals surface area contributed by atoms with Gasteiger partial charge < -0.3 is 15.4 Å². The summed E-state index contributed by atoms with van der Waals surface area (Å²) in [6.07, 6.45) is 3.05. The first kappa shape index (κ1) is 11.2. The Labute approximate surface area is 95.5 Å². The van der Waals surface area contributed by atoms with Gasteiger partial charge in [0.25, 0.3) is 0 Å². The number of rotatable bonds is 5. The Bertz CT molecular complexity index is 450. The lowest BCUT2D eigenvalue weighted by Crippen LogP contribution is -2.30. The van der Waals surface area contributed by atoms with Crippen LogP contribution in [0.3, 0.4) is 0 Å². The quantitative estimate of drug-likeness (QED) is 0.715. The van der Waals surface area contributed by atoms with Crippen molar-refractivity contribution in [3.63, 3.8) is 0 Å². The summed E-state index contributed by atoms with van der Waals surface area (Å²) in [6.45, 7) is 2.99. The number of aromatic amines is 1. The molecule has 16 heavy (non-hydrogen) atoms. The van der Waals surface area contributed by atoms with Gasteiger partial charge in [-0.15, -0.1) is 0 Å². The lowest BCUT2D eigenvalue weighted by molar-refractivity contribution is 0.285. The van der Waals surface area contributed by atoms with Crippen molar-refractivity contribution < 1.29 is 5.11 Å². The number of aliphatic hydroxyl groups excluding tert-OH is 1. The Balaban J connectivity index is 2.09. The van der Waals surface area contributed by atoms with Gasteiger partial charge in [0, 0.05) is 29.7 Å². The lowest BCUT2D eigenvalue weighted by atomic mass is 10.1. The van der Waals surface area contributed by atoms with Crippen LogP contribution in [0.1, 0.15) is 12.5 Å². The summed E-state index contributed by atoms with van der Waals surface area (Å²) in [5.74, 6) is 0. The molecule has 3 heteroatoms. The largest absolute Gasteiger partial charge is 0.395 e. The zero-order valence-corrected chi connectivity index (χ0v) is 9.53. The summed E-state index contributed by atoms with van der Waals surface area (Å²) < 4.78 is 0. The van der Waals surface area contributed by atoms with E-state index in [0.29, 0.717) is 12.6 Å². The molecule has 1 atom stereocenters. The Kier molecular flexibility index (Phi) is 3.59. The smallest absolute Gasteiger partial charge is 0.0556 e. The average molecular weight is 218 g/mol. The standard InChI is InChI=1S/C13H18N2O/c1-10(14-6-7-16)8-11-9-15-13-5-3-2-4-12(11)13/h2-5,9-10,14-16H,6-8H2,1H3. The van der Waals surface area contributed by atoms with Gasteiger partial charge in [0.15, 0.2) is 0 Å². The van der Waals surface area contributed by atoms with E-state index in [2.05, 4.69) is 41.6 Å². The van der Waals surface area contributed by atoms with Crippen molar-refractivity contribution in [2.45, 2.75) is 19.4 Å². The number of H-pyrrole nitrogens is 1. The topological polar surface area (TPSA) is 48.0 Å². The summed E-state index contributed by atoms with van der Waals surface area (Å²) >= 11 is 0. The molecule has 0 amide bonds. The molecule has 0 fully saturated rings. The van der Waals surface area contributed by atoms with Gasteiger partial charge in [0.1, 0.15) is 0 Å². The van der Waals surface area contributed by atoms with Gasteiger partial charge in [0.05, 0.1) is 6.61 Å². The van der Waals surface area contributed by atoms with E-state index in [9.17, 15) is 0 Å². The first-order valence-electron chi connectivity index (χ1n) is 5.70. The molecule has 0 saturated heterocycles. The zero-order chi connectivity index (χ0) is 11.4. The van der Waals surface area contributed by atoms with E-state index < -0.39 is 0 Å². The molecule has 1 heterocycles. The molecule has 1 unspecified atom stereocenters. The van der Waals surface area contributed by atoms with E-state index in [1.807, 2.05) is 6.07 Å². The monoisotopic (exact) mass is 218 g/mol. The summed E-state index contributed by atoms with van der Waals surface area (Å²) in [6, 6.07) is 8.71. The number of fused-ring (bicyclic) bond motifs is 1. The van der Waals surface area contributed by atoms with E-state index in [4.69, 9.17) is 5.11 Å². The Hall–Kier alpha value is -1.32. The van der Waals surface area contributed by atoms with Crippen molar-refractivity contribution in [3.05, 3.63) is 36.0 Å². The van der Waals surface area contributed by atoms with Crippen LogP contribution in [-0.4, -0.2) is 29.3 Å². The van der Waals surface area contributed by atoms with Gasteiger partial charge in [-0.1, -0.05) is 18.2 Å². The molecule has 0 spiro atoms. The first-order chi connectivity index (χ1) is 7.81. The number of para-hydroxylation sites is 1. The summed E-state index contributed by atoms with van der Waals surface area (Å²) in [4.78, 5) is 3.27. The molecule has 0 saturated carbocycles. The number of nitrogens with one attached hydrogen (secondary N) is 2. The molecule has 2 aromatic rings. The lowest BCUT2D eigenvalue weighted by Gasteiger charge is -2.11. The van der Waals surface area contributed by atoms with Crippen molar-refractivity contribution in [2.75, 3.05) is 13.2 Å². The number of benzene rings is 1. The second kappa shape index (κ2) is 5.14. The maximum atomic E-state index is 8.74. The molecule has 2 rings (SSSR count). The molecule has 0 radical (unpaired) electrons. The Morgan fingerprint density at radius 3 is 3.00 bits per heavy atom. The molecular formula is C13H18N2O. The molecule has 1 aromatic heterocycles. The zero-order valence-electron chi connectivity index (χ0n) is 9.53. The van der Waals surface area contributed by atoms with Crippen LogP contribution in [0.2, 0.25) is 0 Å². The second-order valence-corrected chi connectivity index (χ2v) is 4.14. The minimum absolute atomic E-state index is 0.193. The van der Waals surface area contributed by atoms with Crippen LogP contribution in [0, 0.1) is 0 Å². The molecule has 3 N–H and O–H groups in total. The number of aliphatic hydroxyl groups is 1. The van der Waals surface area contributed by atoms with Gasteiger partial charge in [-0.05, 0) is 25.0 Å². The predicted octanol–water partition coefficient (Wildman–Crippen LogP) is 1.68. The predicted molar refractivity (Wildman–Crippen MR) is 66.6 cm³/mol. The van der Waals surface area contributed by atoms with Crippen LogP contribution < -0.4 is 5.32 Å². The highest BCUT2D eigenvalue weighted by Gasteiger charge is 2.07. The van der Waals surface area contributed by atoms with E-state index in [1.165, 1.54) is 16.5 Å². The Morgan fingerprint density at radius 1 is 1.38 bits per heavy atom. The Morgan fingerprint density at radius 2 is 2.19 bits per heavy atom. The normalized spacial score (nSPS) is 13.1. The van der Waals surface area contributed by atoms with Crippen LogP contribution in [0.5, 0.6) is 0 Å². The van der Waals surface area contributed by atoms with Gasteiger partial charge in [-0.2, -0.15) is 0 Å². The SMILES string of the molecule is CC(Cc1c[nH]c2ccccc12)NCCO. The molecule has 0 aliphatic heterocycles. The van der Waals surface area contributed by atoms with Crippen LogP contribution >= 0.6 is 0 Å². The first-order valence-corrected chi connectivity index (χ1v) is 5.70. The average Bonchev–Trinajstić information content (AvgIpc) is 2.70. The van der Waals surface area contributed by atoms with E-state index in [1.54, 1.807) is 0 Å². The van der Waals surface area contributed by atoms with Gasteiger partial charge >= 0.3 is 0 Å². The fourth-order valence-electron chi connectivity index (χ4n) is 2.01. The highest BCUT2D eigenvalue weighted by Crippen LogP contribution is 2.18. The third-order valence-electron chi connectivity index (χ3n) is 2.81. The minimum Gasteiger partial charge on any atom is -0.395 e. The molecule has 86 valence electrons. The fraction of sp³-hybridized carbons (Fsp3) is 0.385. The van der Waals surface area contributed by atoms with Crippen LogP contribution in [0.15, 0.2) is 30.5 Å². The van der Waals surface area contributed by atoms with Gasteiger partial charge in [0.2, 0.25) is 0 Å². The summed E-state index contributed by atoms with van der Waals surface area (Å²) in [5, 5.41) is 13.3. The number of hydrogen-bond donors (Lipinski definition) is 3. The highest BCUT2D eigenvalue weighted by atomic mass is 16.3. The van der Waals surface area contributed by atoms with Crippen LogP contribution in [-0.2, 0) is 6.42 Å². The van der Waals surface area contributed by atoms with Crippen LogP contribution in [0.25, 0.3) is 10.9 Å². The third-order valence-corrected chi connectivity index (χ3v) is 2.81. The molecule has 0 bridgehead atoms.